The molecule has 5 atom stereocenters. The highest BCUT2D eigenvalue weighted by Crippen LogP contribution is 2.38. The van der Waals surface area contributed by atoms with Gasteiger partial charge in [0.2, 0.25) is 11.8 Å². The van der Waals surface area contributed by atoms with Gasteiger partial charge < -0.3 is 35.1 Å². The lowest BCUT2D eigenvalue weighted by Crippen LogP contribution is -2.35. The summed E-state index contributed by atoms with van der Waals surface area (Å²) in [5.41, 5.74) is 5.73. The Balaban J connectivity index is 0.00000417. The number of furan rings is 1. The Morgan fingerprint density at radius 2 is 1.87 bits per heavy atom. The summed E-state index contributed by atoms with van der Waals surface area (Å²) in [7, 11) is 0. The van der Waals surface area contributed by atoms with Gasteiger partial charge in [-0.2, -0.15) is 10.1 Å². The van der Waals surface area contributed by atoms with Crippen LogP contribution in [0.3, 0.4) is 0 Å². The van der Waals surface area contributed by atoms with E-state index in [2.05, 4.69) is 39.8 Å². The molecule has 46 heavy (non-hydrogen) atoms. The molecule has 0 aliphatic heterocycles. The molecule has 0 bridgehead atoms. The van der Waals surface area contributed by atoms with Crippen molar-refractivity contribution in [2.75, 3.05) is 23.8 Å². The van der Waals surface area contributed by atoms with E-state index < -0.39 is 24.2 Å². The monoisotopic (exact) mass is 649 g/mol. The summed E-state index contributed by atoms with van der Waals surface area (Å²) in [6.07, 6.45) is 1.87. The molecule has 0 radical (unpaired) electrons. The highest BCUT2D eigenvalue weighted by atomic mass is 35.5. The zero-order valence-corrected chi connectivity index (χ0v) is 27.2. The molecular weight excluding hydrogens is 610 g/mol. The normalized spacial score (nSPS) is 20.0. The largest absolute Gasteiger partial charge is 0.478 e. The molecular formula is C33H40ClN7O5. The standard InChI is InChI=1S/C33H39N7O5.ClH/c1-6-44-27-15-21-14-26(45-31(21)20(5)35-27)28-19(4)37-33(39-32(28)38-25-13-22(16-41)29(42)30(25)43)36-18(3)24-9-8-23(12-17(24)2)40-11-7-10-34-40;/h7-12,14-15,18,22,25,29-30,41-43H,6,13,16H2,1-5H3,(H2,36,37,38,39);1H/t18-,22-,25-,29-,30+;/m1./s1. The molecule has 0 saturated heterocycles. The van der Waals surface area contributed by atoms with Gasteiger partial charge in [-0.25, -0.2) is 14.6 Å². The number of nitrogens with zero attached hydrogens (tertiary/aromatic N) is 5. The molecule has 4 heterocycles. The first-order valence-electron chi connectivity index (χ1n) is 15.2. The number of aromatic nitrogens is 5. The smallest absolute Gasteiger partial charge is 0.225 e. The van der Waals surface area contributed by atoms with Crippen molar-refractivity contribution in [3.05, 3.63) is 71.3 Å². The molecule has 1 fully saturated rings. The Labute approximate surface area is 273 Å². The number of hydrogen-bond donors (Lipinski definition) is 5. The fraction of sp³-hybridized carbons (Fsp3) is 0.394. The Morgan fingerprint density at radius 1 is 1.07 bits per heavy atom. The number of aryl methyl sites for hydroxylation is 3. The Morgan fingerprint density at radius 3 is 2.54 bits per heavy atom. The summed E-state index contributed by atoms with van der Waals surface area (Å²) in [4.78, 5) is 14.2. The molecule has 5 N–H and O–H groups in total. The third-order valence-corrected chi connectivity index (χ3v) is 8.47. The summed E-state index contributed by atoms with van der Waals surface area (Å²) < 4.78 is 13.8. The van der Waals surface area contributed by atoms with Crippen molar-refractivity contribution in [3.8, 4) is 22.9 Å². The van der Waals surface area contributed by atoms with Crippen LogP contribution in [0.2, 0.25) is 0 Å². The summed E-state index contributed by atoms with van der Waals surface area (Å²) >= 11 is 0. The molecule has 1 saturated carbocycles. The average molecular weight is 650 g/mol. The lowest BCUT2D eigenvalue weighted by molar-refractivity contribution is 0.00446. The van der Waals surface area contributed by atoms with Crippen LogP contribution in [0.1, 0.15) is 48.8 Å². The first-order valence-corrected chi connectivity index (χ1v) is 15.2. The topological polar surface area (TPSA) is 164 Å². The fourth-order valence-electron chi connectivity index (χ4n) is 6.16. The van der Waals surface area contributed by atoms with Crippen molar-refractivity contribution in [1.82, 2.24) is 24.7 Å². The number of aliphatic hydroxyl groups is 3. The quantitative estimate of drug-likeness (QED) is 0.140. The van der Waals surface area contributed by atoms with E-state index in [1.54, 1.807) is 6.20 Å². The Bertz CT molecular complexity index is 1810. The fourth-order valence-corrected chi connectivity index (χ4v) is 6.16. The minimum absolute atomic E-state index is 0. The van der Waals surface area contributed by atoms with Gasteiger partial charge in [-0.05, 0) is 76.4 Å². The number of nitrogens with one attached hydrogen (secondary N) is 2. The van der Waals surface area contributed by atoms with Gasteiger partial charge in [0.15, 0.2) is 5.58 Å². The molecule has 244 valence electrons. The molecule has 0 amide bonds. The molecule has 6 rings (SSSR count). The van der Waals surface area contributed by atoms with Gasteiger partial charge in [-0.15, -0.1) is 12.4 Å². The summed E-state index contributed by atoms with van der Waals surface area (Å²) in [6, 6.07) is 11.1. The van der Waals surface area contributed by atoms with E-state index >= 15 is 0 Å². The molecule has 4 aromatic heterocycles. The lowest BCUT2D eigenvalue weighted by atomic mass is 10.0. The maximum atomic E-state index is 10.8. The van der Waals surface area contributed by atoms with E-state index in [9.17, 15) is 15.3 Å². The molecule has 0 spiro atoms. The summed E-state index contributed by atoms with van der Waals surface area (Å²) in [5.74, 6) is 1.42. The number of hydrogen-bond acceptors (Lipinski definition) is 11. The summed E-state index contributed by atoms with van der Waals surface area (Å²) in [5, 5.41) is 43.0. The zero-order chi connectivity index (χ0) is 31.8. The van der Waals surface area contributed by atoms with Crippen LogP contribution in [0.4, 0.5) is 11.8 Å². The number of fused-ring (bicyclic) bond motifs is 1. The van der Waals surface area contributed by atoms with Crippen molar-refractivity contribution >= 4 is 35.1 Å². The van der Waals surface area contributed by atoms with Crippen LogP contribution in [0, 0.1) is 26.7 Å². The van der Waals surface area contributed by atoms with Crippen LogP contribution >= 0.6 is 12.4 Å². The lowest BCUT2D eigenvalue weighted by Gasteiger charge is -2.22. The second-order valence-corrected chi connectivity index (χ2v) is 11.6. The van der Waals surface area contributed by atoms with Crippen molar-refractivity contribution in [2.24, 2.45) is 5.92 Å². The van der Waals surface area contributed by atoms with Crippen molar-refractivity contribution in [2.45, 2.75) is 65.3 Å². The number of anilines is 2. The molecule has 1 aliphatic rings. The first-order chi connectivity index (χ1) is 21.7. The number of benzene rings is 1. The third-order valence-electron chi connectivity index (χ3n) is 8.47. The van der Waals surface area contributed by atoms with Crippen molar-refractivity contribution in [3.63, 3.8) is 0 Å². The minimum Gasteiger partial charge on any atom is -0.478 e. The van der Waals surface area contributed by atoms with E-state index in [1.165, 1.54) is 0 Å². The van der Waals surface area contributed by atoms with E-state index in [0.717, 1.165) is 22.2 Å². The average Bonchev–Trinajstić information content (AvgIpc) is 3.74. The minimum atomic E-state index is -1.09. The molecule has 1 aromatic carbocycles. The van der Waals surface area contributed by atoms with Crippen LogP contribution in [0.15, 0.2) is 53.2 Å². The van der Waals surface area contributed by atoms with Gasteiger partial charge in [0.25, 0.3) is 0 Å². The first kappa shape index (κ1) is 33.1. The Kier molecular flexibility index (Phi) is 9.82. The predicted octanol–water partition coefficient (Wildman–Crippen LogP) is 4.90. The van der Waals surface area contributed by atoms with Crippen LogP contribution in [-0.4, -0.2) is 71.5 Å². The number of halogens is 1. The van der Waals surface area contributed by atoms with Gasteiger partial charge in [0.05, 0.1) is 47.4 Å². The molecule has 0 unspecified atom stereocenters. The predicted molar refractivity (Wildman–Crippen MR) is 178 cm³/mol. The third kappa shape index (κ3) is 6.38. The highest BCUT2D eigenvalue weighted by molar-refractivity contribution is 5.88. The number of aliphatic hydroxyl groups excluding tert-OH is 3. The molecule has 13 heteroatoms. The zero-order valence-electron chi connectivity index (χ0n) is 26.4. The number of ether oxygens (including phenoxy) is 1. The van der Waals surface area contributed by atoms with Gasteiger partial charge >= 0.3 is 0 Å². The van der Waals surface area contributed by atoms with Crippen LogP contribution in [0.5, 0.6) is 5.88 Å². The van der Waals surface area contributed by atoms with Gasteiger partial charge in [-0.3, -0.25) is 0 Å². The summed E-state index contributed by atoms with van der Waals surface area (Å²) in [6.45, 7) is 10.0. The highest BCUT2D eigenvalue weighted by Gasteiger charge is 2.41. The van der Waals surface area contributed by atoms with Crippen molar-refractivity contribution in [1.29, 1.82) is 0 Å². The molecule has 5 aromatic rings. The van der Waals surface area contributed by atoms with Crippen LogP contribution < -0.4 is 15.4 Å². The number of pyridine rings is 1. The van der Waals surface area contributed by atoms with Crippen LogP contribution in [-0.2, 0) is 0 Å². The molecule has 12 nitrogen and oxygen atoms in total. The van der Waals surface area contributed by atoms with Crippen molar-refractivity contribution < 1.29 is 24.5 Å². The second-order valence-electron chi connectivity index (χ2n) is 11.6. The molecule has 1 aliphatic carbocycles. The van der Waals surface area contributed by atoms with Crippen LogP contribution in [0.25, 0.3) is 28.0 Å². The SMILES string of the molecule is CCOc1cc2cc(-c3c(C)nc(N[C@H](C)c4ccc(-n5cccn5)cc4C)nc3N[C@@H]3C[C@H](CO)[C@@H](O)[C@H]3O)oc2c(C)n1.Cl. The Hall–Kier alpha value is -4.23. The van der Waals surface area contributed by atoms with E-state index in [-0.39, 0.29) is 25.1 Å². The van der Waals surface area contributed by atoms with E-state index in [1.807, 2.05) is 62.8 Å². The number of rotatable bonds is 10. The van der Waals surface area contributed by atoms with E-state index in [0.29, 0.717) is 59.0 Å². The van der Waals surface area contributed by atoms with E-state index in [4.69, 9.17) is 19.1 Å². The van der Waals surface area contributed by atoms with Gasteiger partial charge in [-0.1, -0.05) is 6.07 Å². The second kappa shape index (κ2) is 13.6. The maximum Gasteiger partial charge on any atom is 0.225 e. The maximum absolute atomic E-state index is 10.8. The van der Waals surface area contributed by atoms with Gasteiger partial charge in [0.1, 0.15) is 17.7 Å². The van der Waals surface area contributed by atoms with Gasteiger partial charge in [0, 0.05) is 36.4 Å².